The van der Waals surface area contributed by atoms with Gasteiger partial charge in [0.15, 0.2) is 0 Å². The fraction of sp³-hybridized carbons (Fsp3) is 0.381. The van der Waals surface area contributed by atoms with Crippen LogP contribution in [0.3, 0.4) is 0 Å². The first-order valence-corrected chi connectivity index (χ1v) is 19.2. The molecule has 4 rings (SSSR count). The van der Waals surface area contributed by atoms with Crippen molar-refractivity contribution >= 4 is 35.4 Å². The molecule has 0 fully saturated rings. The number of carbonyl (C=O) groups is 6. The van der Waals surface area contributed by atoms with E-state index in [2.05, 4.69) is 28.0 Å². The number of aryl methyl sites for hydroxylation is 2. The lowest BCUT2D eigenvalue weighted by molar-refractivity contribution is -0.142. The molecule has 316 valence electrons. The smallest absolute Gasteiger partial charge is 0.264 e. The molecule has 0 saturated carbocycles. The van der Waals surface area contributed by atoms with Crippen LogP contribution in [0.4, 0.5) is 0 Å². The van der Waals surface area contributed by atoms with Crippen molar-refractivity contribution in [3.05, 3.63) is 95.1 Å². The maximum absolute atomic E-state index is 14.5. The highest BCUT2D eigenvalue weighted by atomic mass is 16.5. The number of likely N-dealkylation sites (N-methyl/N-ethyl adjacent to an activating group) is 2. The second-order valence-electron chi connectivity index (χ2n) is 14.2. The fourth-order valence-corrected chi connectivity index (χ4v) is 6.62. The van der Waals surface area contributed by atoms with Gasteiger partial charge >= 0.3 is 0 Å². The summed E-state index contributed by atoms with van der Waals surface area (Å²) in [5, 5.41) is 9.13. The third-order valence-corrected chi connectivity index (χ3v) is 9.68. The molecule has 0 aromatic heterocycles. The van der Waals surface area contributed by atoms with Gasteiger partial charge in [-0.1, -0.05) is 36.4 Å². The predicted molar refractivity (Wildman–Crippen MR) is 222 cm³/mol. The molecule has 3 aromatic carbocycles. The van der Waals surface area contributed by atoms with E-state index in [0.717, 1.165) is 16.6 Å². The number of nitrogens with one attached hydrogen (secondary N) is 4. The van der Waals surface area contributed by atoms with Crippen molar-refractivity contribution < 1.29 is 38.2 Å². The summed E-state index contributed by atoms with van der Waals surface area (Å²) >= 11 is 0. The van der Waals surface area contributed by atoms with Crippen LogP contribution < -0.4 is 48.1 Å². The van der Waals surface area contributed by atoms with Gasteiger partial charge in [0.25, 0.3) is 17.7 Å². The summed E-state index contributed by atoms with van der Waals surface area (Å²) in [6.45, 7) is 9.27. The lowest BCUT2D eigenvalue weighted by Gasteiger charge is -2.32. The molecule has 4 bridgehead atoms. The largest absolute Gasteiger partial charge is 0.492 e. The monoisotopic (exact) mass is 813 g/mol. The summed E-state index contributed by atoms with van der Waals surface area (Å²) in [7, 11) is 2.75. The number of amides is 6. The Hall–Kier alpha value is -6.30. The second-order valence-corrected chi connectivity index (χ2v) is 14.2. The van der Waals surface area contributed by atoms with Gasteiger partial charge in [0.2, 0.25) is 17.7 Å². The number of nitrogens with zero attached hydrogens (tertiary/aromatic N) is 2. The molecule has 0 aliphatic carbocycles. The Morgan fingerprint density at radius 1 is 0.881 bits per heavy atom. The van der Waals surface area contributed by atoms with Crippen LogP contribution in [0.25, 0.3) is 11.1 Å². The predicted octanol–water partition coefficient (Wildman–Crippen LogP) is 0.514. The summed E-state index contributed by atoms with van der Waals surface area (Å²) in [6.07, 6.45) is 1.02. The lowest BCUT2D eigenvalue weighted by Crippen LogP contribution is -2.57. The Kier molecular flexibility index (Phi) is 16.1. The molecule has 17 heteroatoms. The number of hydrogen-bond acceptors (Lipinski definition) is 11. The normalized spacial score (nSPS) is 16.9. The number of hydrogen-bond donors (Lipinski definition) is 7. The van der Waals surface area contributed by atoms with Crippen LogP contribution in [0.15, 0.2) is 67.3 Å². The minimum atomic E-state index is -1.38. The van der Waals surface area contributed by atoms with Crippen molar-refractivity contribution in [3.63, 3.8) is 0 Å². The summed E-state index contributed by atoms with van der Waals surface area (Å²) in [5.41, 5.74) is 23.9. The highest BCUT2D eigenvalue weighted by Gasteiger charge is 2.36. The van der Waals surface area contributed by atoms with E-state index in [9.17, 15) is 28.8 Å². The van der Waals surface area contributed by atoms with E-state index >= 15 is 0 Å². The molecule has 0 spiro atoms. The quantitative estimate of drug-likeness (QED) is 0.0873. The Bertz CT molecular complexity index is 2060. The number of hydrazine groups is 1. The van der Waals surface area contributed by atoms with Gasteiger partial charge in [-0.25, -0.2) is 0 Å². The Morgan fingerprint density at radius 2 is 1.53 bits per heavy atom. The molecule has 4 atom stereocenters. The molecule has 0 radical (unpaired) electrons. The summed E-state index contributed by atoms with van der Waals surface area (Å²) < 4.78 is 12.2. The first-order chi connectivity index (χ1) is 28.1. The number of ether oxygens (including phenoxy) is 2. The number of benzene rings is 3. The molecule has 1 aliphatic heterocycles. The van der Waals surface area contributed by atoms with Crippen molar-refractivity contribution in [1.29, 1.82) is 0 Å². The molecule has 0 saturated heterocycles. The molecular formula is C42H55N9O8. The van der Waals surface area contributed by atoms with E-state index in [1.165, 1.54) is 25.9 Å². The molecule has 17 nitrogen and oxygen atoms in total. The number of fused-ring (bicyclic) bond motifs is 5. The third-order valence-electron chi connectivity index (χ3n) is 9.68. The van der Waals surface area contributed by atoms with E-state index in [4.69, 9.17) is 26.7 Å². The average Bonchev–Trinajstić information content (AvgIpc) is 3.20. The van der Waals surface area contributed by atoms with E-state index < -0.39 is 59.6 Å². The van der Waals surface area contributed by atoms with Crippen LogP contribution in [0.2, 0.25) is 0 Å². The number of rotatable bonds is 14. The van der Waals surface area contributed by atoms with E-state index in [1.807, 2.05) is 13.0 Å². The van der Waals surface area contributed by atoms with Gasteiger partial charge in [-0.2, -0.15) is 0 Å². The molecule has 10 N–H and O–H groups in total. The first-order valence-electron chi connectivity index (χ1n) is 19.2. The summed E-state index contributed by atoms with van der Waals surface area (Å²) in [4.78, 5) is 83.3. The van der Waals surface area contributed by atoms with Crippen LogP contribution in [-0.4, -0.2) is 110 Å². The van der Waals surface area contributed by atoms with Gasteiger partial charge in [0, 0.05) is 50.3 Å². The standard InChI is InChI=1S/C42H55N9O8/c1-7-36(52)51(6)49-40(55)33-22-27-9-12-34(58-18-16-44)30(21-27)31-23-28(10-13-35(31)59-19-17-45)37(41(56)46-26(4)38(53)48-33)50(5)42(57)32(14-15-43)47-39(54)29-11-8-24(2)20-25(29)3/h7-13,20-21,23,26,32-33,37H,1,14-19,22,43-45H2,2-6H3,(H,46,56)(H,47,54)(H,48,53)(H,49,55)/t26-,32-,33-,37-/m0/s1. The van der Waals surface area contributed by atoms with Gasteiger partial charge in [-0.3, -0.25) is 39.2 Å². The zero-order chi connectivity index (χ0) is 43.4. The molecule has 59 heavy (non-hydrogen) atoms. The molecule has 6 amide bonds. The number of carbonyl (C=O) groups excluding carboxylic acids is 6. The minimum Gasteiger partial charge on any atom is -0.492 e. The van der Waals surface area contributed by atoms with Gasteiger partial charge in [-0.05, 0) is 86.8 Å². The lowest BCUT2D eigenvalue weighted by atomic mass is 9.93. The van der Waals surface area contributed by atoms with Crippen LogP contribution >= 0.6 is 0 Å². The molecule has 3 aromatic rings. The Labute approximate surface area is 344 Å². The van der Waals surface area contributed by atoms with Crippen molar-refractivity contribution in [2.24, 2.45) is 17.2 Å². The molecular weight excluding hydrogens is 759 g/mol. The SMILES string of the molecule is C=CC(=O)N(C)NC(=O)[C@@H]1Cc2ccc(OCCN)c(c2)-c2cc(ccc2OCCN)[C@H](N(C)C(=O)[C@H](CCN)NC(=O)c2ccc(C)cc2C)C(=O)N[C@@H](C)C(=O)N1. The first kappa shape index (κ1) is 45.4. The van der Waals surface area contributed by atoms with E-state index in [0.29, 0.717) is 44.9 Å². The van der Waals surface area contributed by atoms with Crippen LogP contribution in [0.1, 0.15) is 52.0 Å². The van der Waals surface area contributed by atoms with Crippen LogP contribution in [0, 0.1) is 13.8 Å². The highest BCUT2D eigenvalue weighted by Crippen LogP contribution is 2.40. The van der Waals surface area contributed by atoms with Crippen molar-refractivity contribution in [1.82, 2.24) is 31.3 Å². The molecule has 1 aliphatic rings. The Balaban J connectivity index is 1.89. The van der Waals surface area contributed by atoms with Crippen molar-refractivity contribution in [2.45, 2.75) is 57.8 Å². The van der Waals surface area contributed by atoms with Crippen LogP contribution in [0.5, 0.6) is 11.5 Å². The maximum atomic E-state index is 14.5. The fourth-order valence-electron chi connectivity index (χ4n) is 6.62. The summed E-state index contributed by atoms with van der Waals surface area (Å²) in [5.74, 6) is -3.15. The van der Waals surface area contributed by atoms with Gasteiger partial charge in [0.1, 0.15) is 48.9 Å². The number of nitrogens with two attached hydrogens (primary N) is 3. The van der Waals surface area contributed by atoms with Gasteiger partial charge < -0.3 is 47.5 Å². The molecule has 1 heterocycles. The second kappa shape index (κ2) is 20.9. The molecule has 0 unspecified atom stereocenters. The van der Waals surface area contributed by atoms with E-state index in [1.54, 1.807) is 55.5 Å². The Morgan fingerprint density at radius 3 is 2.14 bits per heavy atom. The van der Waals surface area contributed by atoms with Crippen molar-refractivity contribution in [2.75, 3.05) is 46.9 Å². The van der Waals surface area contributed by atoms with Crippen LogP contribution in [-0.2, 0) is 30.4 Å². The van der Waals surface area contributed by atoms with Gasteiger partial charge in [-0.15, -0.1) is 0 Å². The van der Waals surface area contributed by atoms with E-state index in [-0.39, 0.29) is 45.7 Å². The van der Waals surface area contributed by atoms with Gasteiger partial charge in [0.05, 0.1) is 0 Å². The zero-order valence-electron chi connectivity index (χ0n) is 34.1. The van der Waals surface area contributed by atoms with Crippen molar-refractivity contribution in [3.8, 4) is 22.6 Å². The average molecular weight is 814 g/mol. The maximum Gasteiger partial charge on any atom is 0.264 e. The minimum absolute atomic E-state index is 0.0387. The third kappa shape index (κ3) is 11.4. The zero-order valence-corrected chi connectivity index (χ0v) is 34.1. The highest BCUT2D eigenvalue weighted by molar-refractivity contribution is 6.00. The topological polar surface area (TPSA) is 254 Å². The summed E-state index contributed by atoms with van der Waals surface area (Å²) in [6, 6.07) is 10.5.